The van der Waals surface area contributed by atoms with E-state index in [2.05, 4.69) is 0 Å². The SMILES string of the molecule is CN(C)C(=O)CC(N)c1ccccc1F. The summed E-state index contributed by atoms with van der Waals surface area (Å²) in [4.78, 5) is 12.8. The predicted molar refractivity (Wildman–Crippen MR) is 56.6 cm³/mol. The van der Waals surface area contributed by atoms with Gasteiger partial charge in [-0.3, -0.25) is 4.79 Å². The van der Waals surface area contributed by atoms with Crippen LogP contribution in [0.25, 0.3) is 0 Å². The zero-order chi connectivity index (χ0) is 11.4. The number of hydrogen-bond acceptors (Lipinski definition) is 2. The Bertz CT molecular complexity index is 352. The van der Waals surface area contributed by atoms with Gasteiger partial charge in [-0.25, -0.2) is 4.39 Å². The number of amides is 1. The molecule has 0 aromatic heterocycles. The molecule has 0 saturated carbocycles. The summed E-state index contributed by atoms with van der Waals surface area (Å²) in [5, 5.41) is 0. The van der Waals surface area contributed by atoms with E-state index in [4.69, 9.17) is 5.73 Å². The zero-order valence-corrected chi connectivity index (χ0v) is 8.90. The lowest BCUT2D eigenvalue weighted by Crippen LogP contribution is -2.26. The van der Waals surface area contributed by atoms with E-state index >= 15 is 0 Å². The molecule has 15 heavy (non-hydrogen) atoms. The zero-order valence-electron chi connectivity index (χ0n) is 8.90. The maximum Gasteiger partial charge on any atom is 0.223 e. The Balaban J connectivity index is 2.73. The van der Waals surface area contributed by atoms with Gasteiger partial charge in [0.05, 0.1) is 0 Å². The van der Waals surface area contributed by atoms with Crippen molar-refractivity contribution in [1.82, 2.24) is 4.90 Å². The molecule has 0 aliphatic carbocycles. The van der Waals surface area contributed by atoms with Gasteiger partial charge >= 0.3 is 0 Å². The van der Waals surface area contributed by atoms with Crippen molar-refractivity contribution in [2.24, 2.45) is 5.73 Å². The highest BCUT2D eigenvalue weighted by Gasteiger charge is 2.15. The molecule has 0 aliphatic heterocycles. The van der Waals surface area contributed by atoms with Crippen LogP contribution in [-0.4, -0.2) is 24.9 Å². The largest absolute Gasteiger partial charge is 0.349 e. The molecule has 0 radical (unpaired) electrons. The molecule has 0 heterocycles. The molecule has 1 rings (SSSR count). The Morgan fingerprint density at radius 1 is 1.47 bits per heavy atom. The van der Waals surface area contributed by atoms with Gasteiger partial charge in [0.25, 0.3) is 0 Å². The van der Waals surface area contributed by atoms with Gasteiger partial charge in [0.2, 0.25) is 5.91 Å². The quantitative estimate of drug-likeness (QED) is 0.817. The van der Waals surface area contributed by atoms with Gasteiger partial charge in [0.1, 0.15) is 5.82 Å². The van der Waals surface area contributed by atoms with E-state index in [1.165, 1.54) is 11.0 Å². The smallest absolute Gasteiger partial charge is 0.223 e. The van der Waals surface area contributed by atoms with Crippen molar-refractivity contribution in [3.63, 3.8) is 0 Å². The van der Waals surface area contributed by atoms with Gasteiger partial charge in [-0.2, -0.15) is 0 Å². The third-order valence-electron chi connectivity index (χ3n) is 2.20. The van der Waals surface area contributed by atoms with Crippen LogP contribution in [-0.2, 0) is 4.79 Å². The summed E-state index contributed by atoms with van der Waals surface area (Å²) in [6, 6.07) is 5.66. The summed E-state index contributed by atoms with van der Waals surface area (Å²) < 4.78 is 13.3. The van der Waals surface area contributed by atoms with Gasteiger partial charge in [0, 0.05) is 32.1 Å². The second kappa shape index (κ2) is 4.89. The Morgan fingerprint density at radius 2 is 2.07 bits per heavy atom. The first kappa shape index (κ1) is 11.7. The van der Waals surface area contributed by atoms with Crippen LogP contribution in [0, 0.1) is 5.82 Å². The van der Waals surface area contributed by atoms with Crippen LogP contribution in [0.2, 0.25) is 0 Å². The number of carbonyl (C=O) groups is 1. The van der Waals surface area contributed by atoms with E-state index in [-0.39, 0.29) is 18.1 Å². The molecule has 82 valence electrons. The highest BCUT2D eigenvalue weighted by molar-refractivity contribution is 5.76. The first-order valence-corrected chi connectivity index (χ1v) is 4.72. The van der Waals surface area contributed by atoms with Crippen LogP contribution in [0.4, 0.5) is 4.39 Å². The first-order valence-electron chi connectivity index (χ1n) is 4.72. The summed E-state index contributed by atoms with van der Waals surface area (Å²) in [6.07, 6.45) is 0.119. The molecule has 0 bridgehead atoms. The first-order chi connectivity index (χ1) is 7.02. The van der Waals surface area contributed by atoms with Crippen LogP contribution in [0.5, 0.6) is 0 Å². The normalized spacial score (nSPS) is 12.3. The topological polar surface area (TPSA) is 46.3 Å². The summed E-state index contributed by atoms with van der Waals surface area (Å²) in [7, 11) is 3.30. The molecule has 2 N–H and O–H groups in total. The maximum absolute atomic E-state index is 13.3. The van der Waals surface area contributed by atoms with Gasteiger partial charge in [-0.05, 0) is 6.07 Å². The molecule has 1 unspecified atom stereocenters. The van der Waals surface area contributed by atoms with Crippen LogP contribution >= 0.6 is 0 Å². The molecule has 1 amide bonds. The lowest BCUT2D eigenvalue weighted by atomic mass is 10.0. The Kier molecular flexibility index (Phi) is 3.80. The fourth-order valence-corrected chi connectivity index (χ4v) is 1.26. The third-order valence-corrected chi connectivity index (χ3v) is 2.20. The second-order valence-corrected chi connectivity index (χ2v) is 3.62. The van der Waals surface area contributed by atoms with Crippen LogP contribution in [0.15, 0.2) is 24.3 Å². The number of rotatable bonds is 3. The van der Waals surface area contributed by atoms with Crippen molar-refractivity contribution in [2.45, 2.75) is 12.5 Å². The fraction of sp³-hybridized carbons (Fsp3) is 0.364. The lowest BCUT2D eigenvalue weighted by Gasteiger charge is -2.15. The van der Waals surface area contributed by atoms with E-state index in [0.717, 1.165) is 0 Å². The van der Waals surface area contributed by atoms with Crippen LogP contribution < -0.4 is 5.73 Å². The average Bonchev–Trinajstić information content (AvgIpc) is 2.18. The van der Waals surface area contributed by atoms with E-state index < -0.39 is 6.04 Å². The van der Waals surface area contributed by atoms with Gasteiger partial charge in [0.15, 0.2) is 0 Å². The van der Waals surface area contributed by atoms with Crippen LogP contribution in [0.1, 0.15) is 18.0 Å². The molecular formula is C11H15FN2O. The van der Waals surface area contributed by atoms with Gasteiger partial charge in [-0.15, -0.1) is 0 Å². The average molecular weight is 210 g/mol. The minimum Gasteiger partial charge on any atom is -0.349 e. The summed E-state index contributed by atoms with van der Waals surface area (Å²) in [5.41, 5.74) is 6.13. The van der Waals surface area contributed by atoms with E-state index in [1.54, 1.807) is 32.3 Å². The van der Waals surface area contributed by atoms with Crippen molar-refractivity contribution >= 4 is 5.91 Å². The monoisotopic (exact) mass is 210 g/mol. The van der Waals surface area contributed by atoms with E-state index in [9.17, 15) is 9.18 Å². The number of halogens is 1. The minimum atomic E-state index is -0.582. The fourth-order valence-electron chi connectivity index (χ4n) is 1.26. The molecule has 1 aromatic carbocycles. The molecule has 0 aliphatic rings. The Hall–Kier alpha value is -1.42. The van der Waals surface area contributed by atoms with Crippen LogP contribution in [0.3, 0.4) is 0 Å². The van der Waals surface area contributed by atoms with Crippen molar-refractivity contribution in [1.29, 1.82) is 0 Å². The number of hydrogen-bond donors (Lipinski definition) is 1. The Morgan fingerprint density at radius 3 is 2.60 bits per heavy atom. The van der Waals surface area contributed by atoms with Gasteiger partial charge in [-0.1, -0.05) is 18.2 Å². The standard InChI is InChI=1S/C11H15FN2O/c1-14(2)11(15)7-10(13)8-5-3-4-6-9(8)12/h3-6,10H,7,13H2,1-2H3. The lowest BCUT2D eigenvalue weighted by molar-refractivity contribution is -0.129. The molecule has 3 nitrogen and oxygen atoms in total. The number of nitrogens with zero attached hydrogens (tertiary/aromatic N) is 1. The van der Waals surface area contributed by atoms with Crippen molar-refractivity contribution in [3.05, 3.63) is 35.6 Å². The molecule has 1 aromatic rings. The molecule has 0 fully saturated rings. The maximum atomic E-state index is 13.3. The molecule has 0 saturated heterocycles. The predicted octanol–water partition coefficient (Wildman–Crippen LogP) is 1.30. The van der Waals surface area contributed by atoms with E-state index in [0.29, 0.717) is 5.56 Å². The van der Waals surface area contributed by atoms with Crippen molar-refractivity contribution in [3.8, 4) is 0 Å². The molecular weight excluding hydrogens is 195 g/mol. The molecule has 1 atom stereocenters. The summed E-state index contributed by atoms with van der Waals surface area (Å²) >= 11 is 0. The second-order valence-electron chi connectivity index (χ2n) is 3.62. The number of nitrogens with two attached hydrogens (primary N) is 1. The summed E-state index contributed by atoms with van der Waals surface area (Å²) in [6.45, 7) is 0. The van der Waals surface area contributed by atoms with Crippen molar-refractivity contribution in [2.75, 3.05) is 14.1 Å². The highest BCUT2D eigenvalue weighted by Crippen LogP contribution is 2.17. The Labute approximate surface area is 88.7 Å². The molecule has 4 heteroatoms. The van der Waals surface area contributed by atoms with Gasteiger partial charge < -0.3 is 10.6 Å². The highest BCUT2D eigenvalue weighted by atomic mass is 19.1. The molecule has 0 spiro atoms. The van der Waals surface area contributed by atoms with E-state index in [1.807, 2.05) is 0 Å². The third kappa shape index (κ3) is 3.02. The number of benzene rings is 1. The minimum absolute atomic E-state index is 0.106. The van der Waals surface area contributed by atoms with Crippen molar-refractivity contribution < 1.29 is 9.18 Å². The summed E-state index contributed by atoms with van der Waals surface area (Å²) in [5.74, 6) is -0.470. The number of carbonyl (C=O) groups excluding carboxylic acids is 1.